The van der Waals surface area contributed by atoms with E-state index in [0.29, 0.717) is 30.1 Å². The lowest BCUT2D eigenvalue weighted by atomic mass is 9.74. The molecule has 1 saturated carbocycles. The molecular weight excluding hydrogens is 356 g/mol. The molecule has 0 unspecified atom stereocenters. The zero-order valence-corrected chi connectivity index (χ0v) is 16.3. The maximum Gasteiger partial charge on any atom is 0.308 e. The molecule has 4 rings (SSSR count). The van der Waals surface area contributed by atoms with Gasteiger partial charge in [-0.1, -0.05) is 32.1 Å². The minimum atomic E-state index is -0.714. The number of anilines is 3. The minimum absolute atomic E-state index is 0.367. The summed E-state index contributed by atoms with van der Waals surface area (Å²) in [7, 11) is 0. The largest absolute Gasteiger partial charge is 0.481 e. The van der Waals surface area contributed by atoms with Gasteiger partial charge in [0.05, 0.1) is 12.1 Å². The Morgan fingerprint density at radius 1 is 1.21 bits per heavy atom. The van der Waals surface area contributed by atoms with E-state index in [-0.39, 0.29) is 5.92 Å². The molecule has 0 spiro atoms. The van der Waals surface area contributed by atoms with Gasteiger partial charge in [0.25, 0.3) is 0 Å². The molecule has 8 heteroatoms. The summed E-state index contributed by atoms with van der Waals surface area (Å²) in [6, 6.07) is 3.71. The van der Waals surface area contributed by atoms with Crippen LogP contribution in [0.4, 0.5) is 17.6 Å². The highest BCUT2D eigenvalue weighted by atomic mass is 16.4. The SMILES string of the molecule is Cc1cc(Nc2ccn[nH]2)nc(N2C[C@@H](C(=O)O)C[C@@H](C3CCCCC3)C2)n1. The number of hydrogen-bond donors (Lipinski definition) is 3. The van der Waals surface area contributed by atoms with Crippen molar-refractivity contribution in [3.05, 3.63) is 24.0 Å². The third kappa shape index (κ3) is 4.26. The van der Waals surface area contributed by atoms with Crippen LogP contribution >= 0.6 is 0 Å². The summed E-state index contributed by atoms with van der Waals surface area (Å²) >= 11 is 0. The maximum absolute atomic E-state index is 11.8. The van der Waals surface area contributed by atoms with E-state index in [0.717, 1.165) is 24.5 Å². The number of aryl methyl sites for hydroxylation is 1. The van der Waals surface area contributed by atoms with E-state index in [1.54, 1.807) is 6.20 Å². The number of carbonyl (C=O) groups is 1. The Morgan fingerprint density at radius 2 is 2.04 bits per heavy atom. The lowest BCUT2D eigenvalue weighted by molar-refractivity contribution is -0.142. The monoisotopic (exact) mass is 384 g/mol. The van der Waals surface area contributed by atoms with Crippen molar-refractivity contribution in [3.8, 4) is 0 Å². The first kappa shape index (κ1) is 18.7. The van der Waals surface area contributed by atoms with Crippen LogP contribution in [0.2, 0.25) is 0 Å². The number of carboxylic acids is 1. The van der Waals surface area contributed by atoms with Gasteiger partial charge in [-0.05, 0) is 25.2 Å². The topological polar surface area (TPSA) is 107 Å². The summed E-state index contributed by atoms with van der Waals surface area (Å²) in [5.74, 6) is 1.97. The number of carboxylic acid groups (broad SMARTS) is 1. The highest BCUT2D eigenvalue weighted by Gasteiger charge is 2.36. The molecule has 0 amide bonds. The van der Waals surface area contributed by atoms with Crippen LogP contribution < -0.4 is 10.2 Å². The third-order valence-electron chi connectivity index (χ3n) is 6.04. The van der Waals surface area contributed by atoms with Crippen molar-refractivity contribution >= 4 is 23.6 Å². The Bertz CT molecular complexity index is 803. The quantitative estimate of drug-likeness (QED) is 0.725. The average Bonchev–Trinajstić information content (AvgIpc) is 3.21. The molecule has 2 aromatic rings. The highest BCUT2D eigenvalue weighted by Crippen LogP contribution is 2.37. The highest BCUT2D eigenvalue weighted by molar-refractivity contribution is 5.71. The predicted octanol–water partition coefficient (Wildman–Crippen LogP) is 3.36. The first-order valence-corrected chi connectivity index (χ1v) is 10.2. The molecule has 1 aliphatic carbocycles. The second-order valence-electron chi connectivity index (χ2n) is 8.12. The van der Waals surface area contributed by atoms with Crippen molar-refractivity contribution in [2.75, 3.05) is 23.3 Å². The van der Waals surface area contributed by atoms with Gasteiger partial charge in [-0.2, -0.15) is 10.1 Å². The van der Waals surface area contributed by atoms with E-state index < -0.39 is 5.97 Å². The van der Waals surface area contributed by atoms with E-state index >= 15 is 0 Å². The van der Waals surface area contributed by atoms with Crippen LogP contribution in [0.15, 0.2) is 18.3 Å². The van der Waals surface area contributed by atoms with Crippen molar-refractivity contribution in [1.29, 1.82) is 0 Å². The molecule has 2 aliphatic rings. The number of aliphatic carboxylic acids is 1. The van der Waals surface area contributed by atoms with Crippen LogP contribution in [0.3, 0.4) is 0 Å². The van der Waals surface area contributed by atoms with E-state index in [1.807, 2.05) is 19.1 Å². The van der Waals surface area contributed by atoms with E-state index in [2.05, 4.69) is 30.4 Å². The van der Waals surface area contributed by atoms with Gasteiger partial charge in [0.1, 0.15) is 11.6 Å². The fraction of sp³-hybridized carbons (Fsp3) is 0.600. The van der Waals surface area contributed by atoms with Gasteiger partial charge in [-0.3, -0.25) is 9.89 Å². The van der Waals surface area contributed by atoms with Gasteiger partial charge in [0.2, 0.25) is 5.95 Å². The van der Waals surface area contributed by atoms with Gasteiger partial charge in [-0.25, -0.2) is 4.98 Å². The number of aromatic nitrogens is 4. The molecule has 0 aromatic carbocycles. The molecule has 3 heterocycles. The lowest BCUT2D eigenvalue weighted by Crippen LogP contribution is -2.46. The van der Waals surface area contributed by atoms with Crippen molar-refractivity contribution in [3.63, 3.8) is 0 Å². The maximum atomic E-state index is 11.8. The Labute approximate surface area is 164 Å². The average molecular weight is 384 g/mol. The molecule has 8 nitrogen and oxygen atoms in total. The Morgan fingerprint density at radius 3 is 2.75 bits per heavy atom. The summed E-state index contributed by atoms with van der Waals surface area (Å²) in [5.41, 5.74) is 0.846. The standard InChI is InChI=1S/C20H28N6O2/c1-13-9-18(23-17-7-8-21-25-17)24-20(22-13)26-11-15(10-16(12-26)19(27)28)14-5-3-2-4-6-14/h7-9,14-16H,2-6,10-12H2,1H3,(H,27,28)(H2,21,22,23,24,25)/t15-,16+/m1/s1. The summed E-state index contributed by atoms with van der Waals surface area (Å²) < 4.78 is 0. The summed E-state index contributed by atoms with van der Waals surface area (Å²) in [5, 5.41) is 19.7. The zero-order valence-electron chi connectivity index (χ0n) is 16.3. The van der Waals surface area contributed by atoms with Crippen molar-refractivity contribution in [1.82, 2.24) is 20.2 Å². The number of piperidine rings is 1. The Balaban J connectivity index is 1.57. The fourth-order valence-electron chi connectivity index (χ4n) is 4.65. The van der Waals surface area contributed by atoms with Crippen LogP contribution in [0.5, 0.6) is 0 Å². The number of aromatic amines is 1. The van der Waals surface area contributed by atoms with E-state index in [9.17, 15) is 9.90 Å². The van der Waals surface area contributed by atoms with Crippen molar-refractivity contribution in [2.24, 2.45) is 17.8 Å². The van der Waals surface area contributed by atoms with Crippen LogP contribution in [0.1, 0.15) is 44.2 Å². The second kappa shape index (κ2) is 8.16. The van der Waals surface area contributed by atoms with Crippen LogP contribution in [-0.2, 0) is 4.79 Å². The van der Waals surface area contributed by atoms with Gasteiger partial charge < -0.3 is 15.3 Å². The predicted molar refractivity (Wildman–Crippen MR) is 107 cm³/mol. The summed E-state index contributed by atoms with van der Waals surface area (Å²) in [4.78, 5) is 23.2. The van der Waals surface area contributed by atoms with Gasteiger partial charge in [0.15, 0.2) is 0 Å². The first-order valence-electron chi connectivity index (χ1n) is 10.2. The molecule has 2 atom stereocenters. The fourth-order valence-corrected chi connectivity index (χ4v) is 4.65. The molecule has 2 aromatic heterocycles. The number of nitrogens with one attached hydrogen (secondary N) is 2. The molecule has 150 valence electrons. The van der Waals surface area contributed by atoms with Gasteiger partial charge >= 0.3 is 5.97 Å². The first-order chi connectivity index (χ1) is 13.6. The summed E-state index contributed by atoms with van der Waals surface area (Å²) in [6.45, 7) is 3.23. The van der Waals surface area contributed by atoms with E-state index in [1.165, 1.54) is 32.1 Å². The van der Waals surface area contributed by atoms with Crippen molar-refractivity contribution in [2.45, 2.75) is 45.4 Å². The molecule has 1 aliphatic heterocycles. The number of hydrogen-bond acceptors (Lipinski definition) is 6. The normalized spacial score (nSPS) is 23.5. The summed E-state index contributed by atoms with van der Waals surface area (Å²) in [6.07, 6.45) is 8.70. The second-order valence-corrected chi connectivity index (χ2v) is 8.12. The van der Waals surface area contributed by atoms with Gasteiger partial charge in [0, 0.05) is 30.9 Å². The van der Waals surface area contributed by atoms with E-state index in [4.69, 9.17) is 0 Å². The lowest BCUT2D eigenvalue weighted by Gasteiger charge is -2.41. The van der Waals surface area contributed by atoms with Crippen LogP contribution in [-0.4, -0.2) is 44.3 Å². The number of nitrogens with zero attached hydrogens (tertiary/aromatic N) is 4. The number of rotatable bonds is 5. The van der Waals surface area contributed by atoms with Crippen molar-refractivity contribution < 1.29 is 9.90 Å². The minimum Gasteiger partial charge on any atom is -0.481 e. The molecule has 28 heavy (non-hydrogen) atoms. The zero-order chi connectivity index (χ0) is 19.5. The molecule has 0 bridgehead atoms. The molecule has 0 radical (unpaired) electrons. The van der Waals surface area contributed by atoms with Gasteiger partial charge in [-0.15, -0.1) is 0 Å². The third-order valence-corrected chi connectivity index (χ3v) is 6.04. The Kier molecular flexibility index (Phi) is 5.45. The smallest absolute Gasteiger partial charge is 0.308 e. The molecular formula is C20H28N6O2. The van der Waals surface area contributed by atoms with Crippen LogP contribution in [0.25, 0.3) is 0 Å². The number of H-pyrrole nitrogens is 1. The Hall–Kier alpha value is -2.64. The molecule has 1 saturated heterocycles. The van der Waals surface area contributed by atoms with Crippen LogP contribution in [0, 0.1) is 24.7 Å². The molecule has 3 N–H and O–H groups in total. The molecule has 2 fully saturated rings.